The van der Waals surface area contributed by atoms with Crippen LogP contribution in [0.1, 0.15) is 5.56 Å². The summed E-state index contributed by atoms with van der Waals surface area (Å²) in [4.78, 5) is 15.9. The number of halogens is 1. The van der Waals surface area contributed by atoms with Crippen LogP contribution in [0.4, 0.5) is 5.69 Å². The Morgan fingerprint density at radius 3 is 2.78 bits per heavy atom. The average Bonchev–Trinajstić information content (AvgIpc) is 2.83. The molecule has 0 saturated carbocycles. The maximum Gasteiger partial charge on any atom is 0.234 e. The lowest BCUT2D eigenvalue weighted by molar-refractivity contribution is -0.113. The van der Waals surface area contributed by atoms with Gasteiger partial charge in [0.2, 0.25) is 5.91 Å². The maximum absolute atomic E-state index is 11.6. The van der Waals surface area contributed by atoms with E-state index in [0.29, 0.717) is 5.75 Å². The average molecular weight is 286 g/mol. The second-order valence-electron chi connectivity index (χ2n) is 3.82. The number of anilines is 1. The summed E-state index contributed by atoms with van der Waals surface area (Å²) in [6, 6.07) is 7.77. The topological polar surface area (TPSA) is 53.5 Å². The summed E-state index contributed by atoms with van der Waals surface area (Å²) in [5, 5.41) is 6.83. The van der Waals surface area contributed by atoms with Crippen LogP contribution in [0.5, 0.6) is 0 Å². The molecule has 4 nitrogen and oxygen atoms in total. The fourth-order valence-electron chi connectivity index (χ4n) is 1.44. The number of nitrogens with zero attached hydrogens (tertiary/aromatic N) is 1. The van der Waals surface area contributed by atoms with E-state index in [9.17, 15) is 4.79 Å². The minimum atomic E-state index is -0.00440. The minimum Gasteiger partial charge on any atom is -0.363 e. The number of carbonyl (C=O) groups excluding carboxylic acids is 1. The molecule has 0 radical (unpaired) electrons. The number of amidine groups is 1. The highest BCUT2D eigenvalue weighted by atomic mass is 35.5. The zero-order chi connectivity index (χ0) is 12.1. The number of hydrogen-bond acceptors (Lipinski definition) is 4. The Labute approximate surface area is 117 Å². The van der Waals surface area contributed by atoms with Crippen LogP contribution >= 0.6 is 24.2 Å². The summed E-state index contributed by atoms with van der Waals surface area (Å²) < 4.78 is 0. The first kappa shape index (κ1) is 14.9. The fourth-order valence-corrected chi connectivity index (χ4v) is 2.17. The van der Waals surface area contributed by atoms with Gasteiger partial charge in [-0.2, -0.15) is 0 Å². The molecule has 1 heterocycles. The Hall–Kier alpha value is -1.20. The first-order valence-electron chi connectivity index (χ1n) is 5.52. The Morgan fingerprint density at radius 1 is 1.44 bits per heavy atom. The first-order valence-corrected chi connectivity index (χ1v) is 6.50. The summed E-state index contributed by atoms with van der Waals surface area (Å²) in [5.74, 6) is 0.384. The van der Waals surface area contributed by atoms with E-state index < -0.39 is 0 Å². The van der Waals surface area contributed by atoms with Gasteiger partial charge in [-0.1, -0.05) is 29.5 Å². The van der Waals surface area contributed by atoms with Crippen molar-refractivity contribution in [1.82, 2.24) is 5.32 Å². The minimum absolute atomic E-state index is 0. The summed E-state index contributed by atoms with van der Waals surface area (Å²) >= 11 is 1.44. The monoisotopic (exact) mass is 285 g/mol. The molecular weight excluding hydrogens is 270 g/mol. The molecule has 1 aromatic rings. The van der Waals surface area contributed by atoms with Crippen LogP contribution in [0, 0.1) is 6.92 Å². The number of aliphatic imine (C=N–C) groups is 1. The fraction of sp³-hybridized carbons (Fsp3) is 0.333. The quantitative estimate of drug-likeness (QED) is 0.894. The van der Waals surface area contributed by atoms with Crippen LogP contribution in [0.25, 0.3) is 0 Å². The third kappa shape index (κ3) is 4.58. The number of aryl methyl sites for hydroxylation is 1. The van der Waals surface area contributed by atoms with Gasteiger partial charge < -0.3 is 10.6 Å². The molecule has 2 rings (SSSR count). The Morgan fingerprint density at radius 2 is 2.17 bits per heavy atom. The van der Waals surface area contributed by atoms with Crippen molar-refractivity contribution in [2.75, 3.05) is 24.2 Å². The predicted molar refractivity (Wildman–Crippen MR) is 79.8 cm³/mol. The molecular formula is C12H16ClN3OS. The van der Waals surface area contributed by atoms with Gasteiger partial charge in [0.1, 0.15) is 0 Å². The van der Waals surface area contributed by atoms with Crippen molar-refractivity contribution in [1.29, 1.82) is 0 Å². The summed E-state index contributed by atoms with van der Waals surface area (Å²) in [5.41, 5.74) is 2.02. The molecule has 98 valence electrons. The van der Waals surface area contributed by atoms with Crippen molar-refractivity contribution in [2.24, 2.45) is 4.99 Å². The molecule has 1 amide bonds. The number of benzene rings is 1. The molecule has 0 saturated heterocycles. The Bertz CT molecular complexity index is 433. The molecule has 0 unspecified atom stereocenters. The highest BCUT2D eigenvalue weighted by Crippen LogP contribution is 2.10. The smallest absolute Gasteiger partial charge is 0.234 e. The summed E-state index contributed by atoms with van der Waals surface area (Å²) in [6.07, 6.45) is 0. The molecule has 0 spiro atoms. The molecule has 18 heavy (non-hydrogen) atoms. The molecule has 2 N–H and O–H groups in total. The maximum atomic E-state index is 11.6. The van der Waals surface area contributed by atoms with Crippen molar-refractivity contribution in [3.05, 3.63) is 29.8 Å². The van der Waals surface area contributed by atoms with Crippen LogP contribution in [0.2, 0.25) is 0 Å². The van der Waals surface area contributed by atoms with Gasteiger partial charge >= 0.3 is 0 Å². The largest absolute Gasteiger partial charge is 0.363 e. The molecule has 0 atom stereocenters. The Balaban J connectivity index is 0.00000162. The van der Waals surface area contributed by atoms with E-state index in [2.05, 4.69) is 15.6 Å². The van der Waals surface area contributed by atoms with E-state index in [1.807, 2.05) is 31.2 Å². The van der Waals surface area contributed by atoms with Gasteiger partial charge in [-0.05, 0) is 19.1 Å². The second kappa shape index (κ2) is 7.28. The van der Waals surface area contributed by atoms with E-state index >= 15 is 0 Å². The lowest BCUT2D eigenvalue weighted by Crippen LogP contribution is -2.20. The molecule has 1 aromatic carbocycles. The second-order valence-corrected chi connectivity index (χ2v) is 4.78. The van der Waals surface area contributed by atoms with E-state index in [0.717, 1.165) is 23.9 Å². The van der Waals surface area contributed by atoms with Crippen molar-refractivity contribution >= 4 is 40.9 Å². The zero-order valence-corrected chi connectivity index (χ0v) is 11.7. The molecule has 1 aliphatic heterocycles. The number of thioether (sulfide) groups is 1. The summed E-state index contributed by atoms with van der Waals surface area (Å²) in [6.45, 7) is 3.70. The third-order valence-electron chi connectivity index (χ3n) is 2.32. The standard InChI is InChI=1S/C12H15N3OS.ClH/c1-9-2-4-10(5-3-9)15-11(16)8-17-12-13-6-7-14-12;/h2-5H,6-8H2,1H3,(H,13,14)(H,15,16);1H. The molecule has 0 bridgehead atoms. The van der Waals surface area contributed by atoms with Gasteiger partial charge in [0.15, 0.2) is 5.17 Å². The first-order chi connectivity index (χ1) is 8.24. The van der Waals surface area contributed by atoms with Gasteiger partial charge in [-0.3, -0.25) is 9.79 Å². The number of hydrogen-bond donors (Lipinski definition) is 2. The molecule has 6 heteroatoms. The molecule has 0 fully saturated rings. The highest BCUT2D eigenvalue weighted by molar-refractivity contribution is 8.14. The van der Waals surface area contributed by atoms with Gasteiger partial charge in [0.05, 0.1) is 12.3 Å². The van der Waals surface area contributed by atoms with Crippen LogP contribution < -0.4 is 10.6 Å². The van der Waals surface area contributed by atoms with E-state index in [1.54, 1.807) is 0 Å². The third-order valence-corrected chi connectivity index (χ3v) is 3.27. The lowest BCUT2D eigenvalue weighted by atomic mass is 10.2. The van der Waals surface area contributed by atoms with Crippen molar-refractivity contribution in [3.63, 3.8) is 0 Å². The zero-order valence-electron chi connectivity index (χ0n) is 10.1. The van der Waals surface area contributed by atoms with Crippen molar-refractivity contribution in [3.8, 4) is 0 Å². The van der Waals surface area contributed by atoms with Gasteiger partial charge in [0, 0.05) is 12.2 Å². The summed E-state index contributed by atoms with van der Waals surface area (Å²) in [7, 11) is 0. The normalized spacial score (nSPS) is 13.3. The van der Waals surface area contributed by atoms with Crippen LogP contribution in [-0.2, 0) is 4.79 Å². The van der Waals surface area contributed by atoms with Crippen LogP contribution in [0.15, 0.2) is 29.3 Å². The van der Waals surface area contributed by atoms with Crippen molar-refractivity contribution < 1.29 is 4.79 Å². The van der Waals surface area contributed by atoms with Gasteiger partial charge in [-0.15, -0.1) is 12.4 Å². The molecule has 1 aliphatic rings. The Kier molecular flexibility index (Phi) is 6.01. The number of amides is 1. The highest BCUT2D eigenvalue weighted by Gasteiger charge is 2.08. The van der Waals surface area contributed by atoms with Crippen LogP contribution in [0.3, 0.4) is 0 Å². The van der Waals surface area contributed by atoms with Crippen molar-refractivity contribution in [2.45, 2.75) is 6.92 Å². The number of rotatable bonds is 3. The predicted octanol–water partition coefficient (Wildman–Crippen LogP) is 2.05. The van der Waals surface area contributed by atoms with E-state index in [1.165, 1.54) is 17.3 Å². The molecule has 0 aliphatic carbocycles. The number of nitrogens with one attached hydrogen (secondary N) is 2. The van der Waals surface area contributed by atoms with Gasteiger partial charge in [0.25, 0.3) is 0 Å². The van der Waals surface area contributed by atoms with E-state index in [4.69, 9.17) is 0 Å². The lowest BCUT2D eigenvalue weighted by Gasteiger charge is -2.05. The van der Waals surface area contributed by atoms with E-state index in [-0.39, 0.29) is 18.3 Å². The van der Waals surface area contributed by atoms with Gasteiger partial charge in [-0.25, -0.2) is 0 Å². The SMILES string of the molecule is Cc1ccc(NC(=O)CSC2=NCCN2)cc1.Cl. The van der Waals surface area contributed by atoms with Crippen LogP contribution in [-0.4, -0.2) is 29.9 Å². The molecule has 0 aromatic heterocycles. The number of carbonyl (C=O) groups is 1.